The monoisotopic (exact) mass is 436 g/mol. The lowest BCUT2D eigenvalue weighted by atomic mass is 9.68. The average Bonchev–Trinajstić information content (AvgIpc) is 3.47. The third kappa shape index (κ3) is 3.55. The third-order valence-electron chi connectivity index (χ3n) is 8.34. The summed E-state index contributed by atoms with van der Waals surface area (Å²) in [6.45, 7) is 4.36. The van der Waals surface area contributed by atoms with E-state index in [-0.39, 0.29) is 5.91 Å². The van der Waals surface area contributed by atoms with E-state index in [1.165, 1.54) is 41.6 Å². The molecule has 3 aliphatic rings. The molecule has 1 amide bonds. The zero-order valence-corrected chi connectivity index (χ0v) is 19.4. The van der Waals surface area contributed by atoms with Crippen molar-refractivity contribution < 1.29 is 4.79 Å². The Morgan fingerprint density at radius 3 is 2.45 bits per heavy atom. The van der Waals surface area contributed by atoms with E-state index in [0.29, 0.717) is 23.8 Å². The maximum Gasteiger partial charge on any atom is 0.255 e. The predicted molar refractivity (Wildman–Crippen MR) is 135 cm³/mol. The van der Waals surface area contributed by atoms with Crippen molar-refractivity contribution in [1.82, 2.24) is 0 Å². The third-order valence-corrected chi connectivity index (χ3v) is 8.34. The number of benzene rings is 3. The van der Waals surface area contributed by atoms with Gasteiger partial charge in [-0.3, -0.25) is 4.79 Å². The van der Waals surface area contributed by atoms with Crippen molar-refractivity contribution in [2.24, 2.45) is 17.8 Å². The van der Waals surface area contributed by atoms with Crippen LogP contribution in [0.1, 0.15) is 78.0 Å². The minimum absolute atomic E-state index is 0.0278. The molecule has 0 saturated heterocycles. The Morgan fingerprint density at radius 1 is 0.939 bits per heavy atom. The summed E-state index contributed by atoms with van der Waals surface area (Å²) in [6, 6.07) is 25.7. The van der Waals surface area contributed by atoms with Gasteiger partial charge in [0, 0.05) is 16.9 Å². The molecule has 2 N–H and O–H groups in total. The molecule has 0 unspecified atom stereocenters. The summed E-state index contributed by atoms with van der Waals surface area (Å²) in [6.07, 6.45) is 4.00. The number of anilines is 2. The fourth-order valence-corrected chi connectivity index (χ4v) is 6.77. The van der Waals surface area contributed by atoms with Gasteiger partial charge in [0.2, 0.25) is 0 Å². The number of carbonyl (C=O) groups is 1. The fraction of sp³-hybridized carbons (Fsp3) is 0.367. The van der Waals surface area contributed by atoms with Crippen LogP contribution in [0.4, 0.5) is 11.4 Å². The lowest BCUT2D eigenvalue weighted by Crippen LogP contribution is -2.35. The van der Waals surface area contributed by atoms with Crippen LogP contribution in [0.25, 0.3) is 0 Å². The normalized spacial score (nSPS) is 27.1. The molecule has 1 aliphatic heterocycles. The standard InChI is InChI=1S/C30H32N2O/c1-18(2)19-10-13-24(14-11-19)31-30(33)23-12-15-26-25(17-23)27-21-8-9-22(16-21)28(27)29(32-26)20-6-4-3-5-7-20/h3-7,10-15,17-18,21-22,27-29,32H,8-9,16H2,1-2H3,(H,31,33)/t21-,22-,27-,28-,29-/m0/s1. The van der Waals surface area contributed by atoms with Crippen LogP contribution in [-0.2, 0) is 0 Å². The van der Waals surface area contributed by atoms with Crippen LogP contribution in [0.5, 0.6) is 0 Å². The van der Waals surface area contributed by atoms with E-state index >= 15 is 0 Å². The highest BCUT2D eigenvalue weighted by Gasteiger charge is 2.53. The van der Waals surface area contributed by atoms with Crippen LogP contribution in [0, 0.1) is 17.8 Å². The summed E-state index contributed by atoms with van der Waals surface area (Å²) >= 11 is 0. The molecule has 2 saturated carbocycles. The average molecular weight is 437 g/mol. The molecular weight excluding hydrogens is 404 g/mol. The summed E-state index contributed by atoms with van der Waals surface area (Å²) in [5.41, 5.74) is 6.82. The molecule has 3 heteroatoms. The first-order valence-electron chi connectivity index (χ1n) is 12.4. The van der Waals surface area contributed by atoms with Gasteiger partial charge in [0.15, 0.2) is 0 Å². The van der Waals surface area contributed by atoms with Crippen molar-refractivity contribution in [3.05, 3.63) is 95.1 Å². The number of fused-ring (bicyclic) bond motifs is 7. The zero-order valence-electron chi connectivity index (χ0n) is 19.4. The van der Waals surface area contributed by atoms with Crippen molar-refractivity contribution in [2.45, 2.75) is 51.0 Å². The second-order valence-corrected chi connectivity index (χ2v) is 10.5. The van der Waals surface area contributed by atoms with Crippen molar-refractivity contribution in [1.29, 1.82) is 0 Å². The predicted octanol–water partition coefficient (Wildman–Crippen LogP) is 7.36. The Bertz CT molecular complexity index is 1170. The summed E-state index contributed by atoms with van der Waals surface area (Å²) in [5, 5.41) is 6.97. The topological polar surface area (TPSA) is 41.1 Å². The summed E-state index contributed by atoms with van der Waals surface area (Å²) in [4.78, 5) is 13.1. The van der Waals surface area contributed by atoms with Gasteiger partial charge in [-0.25, -0.2) is 0 Å². The molecular formula is C30H32N2O. The molecule has 1 heterocycles. The lowest BCUT2D eigenvalue weighted by Gasteiger charge is -2.43. The Morgan fingerprint density at radius 2 is 1.70 bits per heavy atom. The first kappa shape index (κ1) is 20.5. The molecule has 3 nitrogen and oxygen atoms in total. The minimum atomic E-state index is -0.0278. The van der Waals surface area contributed by atoms with E-state index < -0.39 is 0 Å². The maximum absolute atomic E-state index is 13.1. The van der Waals surface area contributed by atoms with Crippen molar-refractivity contribution in [3.63, 3.8) is 0 Å². The molecule has 5 atom stereocenters. The SMILES string of the molecule is CC(C)c1ccc(NC(=O)c2ccc3c(c2)[C@@H]2[C@H]4CC[C@@H](C4)[C@@H]2[C@H](c2ccccc2)N3)cc1. The highest BCUT2D eigenvalue weighted by atomic mass is 16.1. The lowest BCUT2D eigenvalue weighted by molar-refractivity contribution is 0.102. The molecule has 33 heavy (non-hydrogen) atoms. The molecule has 3 aromatic carbocycles. The van der Waals surface area contributed by atoms with E-state index in [1.54, 1.807) is 0 Å². The van der Waals surface area contributed by atoms with Crippen LogP contribution < -0.4 is 10.6 Å². The summed E-state index contributed by atoms with van der Waals surface area (Å²) < 4.78 is 0. The first-order chi connectivity index (χ1) is 16.1. The number of nitrogens with one attached hydrogen (secondary N) is 2. The van der Waals surface area contributed by atoms with Crippen molar-refractivity contribution in [3.8, 4) is 0 Å². The molecule has 2 aliphatic carbocycles. The summed E-state index contributed by atoms with van der Waals surface area (Å²) in [7, 11) is 0. The number of hydrogen-bond acceptors (Lipinski definition) is 2. The second kappa shape index (κ2) is 8.06. The molecule has 0 aromatic heterocycles. The minimum Gasteiger partial charge on any atom is -0.378 e. The zero-order chi connectivity index (χ0) is 22.5. The van der Waals surface area contributed by atoms with Crippen LogP contribution >= 0.6 is 0 Å². The largest absolute Gasteiger partial charge is 0.378 e. The maximum atomic E-state index is 13.1. The van der Waals surface area contributed by atoms with Gasteiger partial charge in [0.05, 0.1) is 6.04 Å². The van der Waals surface area contributed by atoms with Crippen molar-refractivity contribution in [2.75, 3.05) is 10.6 Å². The van der Waals surface area contributed by atoms with Crippen LogP contribution in [-0.4, -0.2) is 5.91 Å². The van der Waals surface area contributed by atoms with E-state index in [0.717, 1.165) is 23.1 Å². The van der Waals surface area contributed by atoms with E-state index in [4.69, 9.17) is 0 Å². The van der Waals surface area contributed by atoms with Gasteiger partial charge in [-0.1, -0.05) is 56.3 Å². The molecule has 2 fully saturated rings. The molecule has 0 radical (unpaired) electrons. The fourth-order valence-electron chi connectivity index (χ4n) is 6.77. The van der Waals surface area contributed by atoms with Gasteiger partial charge < -0.3 is 10.6 Å². The van der Waals surface area contributed by atoms with Gasteiger partial charge >= 0.3 is 0 Å². The van der Waals surface area contributed by atoms with E-state index in [9.17, 15) is 4.79 Å². The van der Waals surface area contributed by atoms with E-state index in [1.807, 2.05) is 18.2 Å². The van der Waals surface area contributed by atoms with Gasteiger partial charge in [0.1, 0.15) is 0 Å². The number of carbonyl (C=O) groups excluding carboxylic acids is 1. The molecule has 0 spiro atoms. The van der Waals surface area contributed by atoms with E-state index in [2.05, 4.69) is 79.1 Å². The van der Waals surface area contributed by atoms with Gasteiger partial charge in [-0.05, 0) is 95.9 Å². The number of hydrogen-bond donors (Lipinski definition) is 2. The Balaban J connectivity index is 1.30. The summed E-state index contributed by atoms with van der Waals surface area (Å²) in [5.74, 6) is 3.14. The van der Waals surface area contributed by atoms with Crippen LogP contribution in [0.3, 0.4) is 0 Å². The highest BCUT2D eigenvalue weighted by molar-refractivity contribution is 6.04. The van der Waals surface area contributed by atoms with Gasteiger partial charge in [-0.15, -0.1) is 0 Å². The smallest absolute Gasteiger partial charge is 0.255 e. The molecule has 3 aromatic rings. The van der Waals surface area contributed by atoms with Crippen molar-refractivity contribution >= 4 is 17.3 Å². The van der Waals surface area contributed by atoms with Gasteiger partial charge in [-0.2, -0.15) is 0 Å². The Hall–Kier alpha value is -3.07. The Labute approximate surface area is 196 Å². The van der Waals surface area contributed by atoms with Crippen LogP contribution in [0.15, 0.2) is 72.8 Å². The highest BCUT2D eigenvalue weighted by Crippen LogP contribution is 2.63. The second-order valence-electron chi connectivity index (χ2n) is 10.5. The first-order valence-corrected chi connectivity index (χ1v) is 12.4. The molecule has 6 rings (SSSR count). The van der Waals surface area contributed by atoms with Crippen LogP contribution in [0.2, 0.25) is 0 Å². The molecule has 168 valence electrons. The Kier molecular flexibility index (Phi) is 5.01. The van der Waals surface area contributed by atoms with Gasteiger partial charge in [0.25, 0.3) is 5.91 Å². The molecule has 2 bridgehead atoms. The number of rotatable bonds is 4. The quantitative estimate of drug-likeness (QED) is 0.449. The number of amides is 1.